The van der Waals surface area contributed by atoms with Crippen LogP contribution >= 0.6 is 0 Å². The van der Waals surface area contributed by atoms with Crippen molar-refractivity contribution in [1.29, 1.82) is 0 Å². The van der Waals surface area contributed by atoms with Gasteiger partial charge < -0.3 is 10.2 Å². The molecule has 142 valence electrons. The van der Waals surface area contributed by atoms with Gasteiger partial charge in [0.15, 0.2) is 0 Å². The summed E-state index contributed by atoms with van der Waals surface area (Å²) < 4.78 is 0.999. The van der Waals surface area contributed by atoms with Crippen molar-refractivity contribution in [2.24, 2.45) is 4.99 Å². The Hall–Kier alpha value is -3.94. The predicted molar refractivity (Wildman–Crippen MR) is 104 cm³/mol. The van der Waals surface area contributed by atoms with Crippen LogP contribution in [0.4, 0.5) is 5.69 Å². The normalized spacial score (nSPS) is 11.1. The number of nitrogens with one attached hydrogen (secondary N) is 1. The first-order chi connectivity index (χ1) is 13.3. The van der Waals surface area contributed by atoms with Gasteiger partial charge in [-0.25, -0.2) is 14.2 Å². The van der Waals surface area contributed by atoms with E-state index in [0.717, 1.165) is 21.9 Å². The second-order valence-electron chi connectivity index (χ2n) is 6.16. The van der Waals surface area contributed by atoms with E-state index in [1.54, 1.807) is 25.1 Å². The smallest absolute Gasteiger partial charge is 0.335 e. The summed E-state index contributed by atoms with van der Waals surface area (Å²) in [7, 11) is 0. The summed E-state index contributed by atoms with van der Waals surface area (Å²) in [6, 6.07) is 11.0. The number of aromatic carboxylic acids is 1. The van der Waals surface area contributed by atoms with Crippen molar-refractivity contribution in [3.05, 3.63) is 85.6 Å². The van der Waals surface area contributed by atoms with E-state index >= 15 is 0 Å². The van der Waals surface area contributed by atoms with E-state index in [1.165, 1.54) is 18.2 Å². The van der Waals surface area contributed by atoms with Gasteiger partial charge in [-0.05, 0) is 49.2 Å². The van der Waals surface area contributed by atoms with E-state index in [0.29, 0.717) is 5.69 Å². The van der Waals surface area contributed by atoms with Gasteiger partial charge in [-0.15, -0.1) is 0 Å². The molecule has 0 aliphatic rings. The Morgan fingerprint density at radius 2 is 1.86 bits per heavy atom. The van der Waals surface area contributed by atoms with Crippen molar-refractivity contribution >= 4 is 17.9 Å². The average Bonchev–Trinajstić information content (AvgIpc) is 2.65. The van der Waals surface area contributed by atoms with Gasteiger partial charge >= 0.3 is 11.7 Å². The summed E-state index contributed by atoms with van der Waals surface area (Å²) in [6.45, 7) is 3.66. The summed E-state index contributed by atoms with van der Waals surface area (Å²) in [5.74, 6) is -1.66. The molecule has 0 atom stereocenters. The number of carbonyl (C=O) groups is 1. The summed E-state index contributed by atoms with van der Waals surface area (Å²) in [5.41, 5.74) is 0.627. The standard InChI is InChI=1S/C20H17N3O5/c1-11-5-3-8-16(12(11)2)23-18(25)15(17(24)22-20(23)28)10-21-14-7-4-6-13(9-14)19(26)27/h3-10,25H,1-2H3,(H,26,27)(H,22,24,28). The highest BCUT2D eigenvalue weighted by molar-refractivity contribution is 5.89. The lowest BCUT2D eigenvalue weighted by Gasteiger charge is -2.13. The molecule has 3 aromatic rings. The van der Waals surface area contributed by atoms with E-state index < -0.39 is 23.1 Å². The van der Waals surface area contributed by atoms with E-state index in [-0.39, 0.29) is 16.8 Å². The van der Waals surface area contributed by atoms with Crippen LogP contribution in [0.25, 0.3) is 5.69 Å². The first kappa shape index (κ1) is 18.8. The molecule has 0 spiro atoms. The molecule has 0 unspecified atom stereocenters. The molecule has 0 amide bonds. The quantitative estimate of drug-likeness (QED) is 0.600. The summed E-state index contributed by atoms with van der Waals surface area (Å²) in [5, 5.41) is 19.6. The number of aryl methyl sites for hydroxylation is 1. The maximum Gasteiger partial charge on any atom is 0.335 e. The number of benzene rings is 2. The van der Waals surface area contributed by atoms with Gasteiger partial charge in [0.05, 0.1) is 16.9 Å². The molecule has 28 heavy (non-hydrogen) atoms. The van der Waals surface area contributed by atoms with Crippen molar-refractivity contribution in [3.63, 3.8) is 0 Å². The van der Waals surface area contributed by atoms with E-state index in [9.17, 15) is 19.5 Å². The van der Waals surface area contributed by atoms with Gasteiger partial charge in [-0.3, -0.25) is 14.8 Å². The summed E-state index contributed by atoms with van der Waals surface area (Å²) in [6.07, 6.45) is 1.09. The van der Waals surface area contributed by atoms with Crippen LogP contribution in [0.3, 0.4) is 0 Å². The Morgan fingerprint density at radius 1 is 1.14 bits per heavy atom. The van der Waals surface area contributed by atoms with E-state index in [1.807, 2.05) is 13.0 Å². The number of aliphatic imine (C=N–C) groups is 1. The topological polar surface area (TPSA) is 125 Å². The van der Waals surface area contributed by atoms with Crippen molar-refractivity contribution < 1.29 is 15.0 Å². The third-order valence-corrected chi connectivity index (χ3v) is 4.37. The molecule has 0 fully saturated rings. The molecular formula is C20H17N3O5. The fourth-order valence-corrected chi connectivity index (χ4v) is 2.71. The number of carboxylic acids is 1. The van der Waals surface area contributed by atoms with Gasteiger partial charge in [0.1, 0.15) is 5.56 Å². The molecule has 0 radical (unpaired) electrons. The monoisotopic (exact) mass is 379 g/mol. The third-order valence-electron chi connectivity index (χ3n) is 4.37. The fourth-order valence-electron chi connectivity index (χ4n) is 2.71. The molecular weight excluding hydrogens is 362 g/mol. The lowest BCUT2D eigenvalue weighted by atomic mass is 10.1. The zero-order valence-electron chi connectivity index (χ0n) is 15.1. The molecule has 0 saturated carbocycles. The number of aromatic hydroxyl groups is 1. The lowest BCUT2D eigenvalue weighted by Crippen LogP contribution is -2.31. The van der Waals surface area contributed by atoms with Gasteiger partial charge in [-0.2, -0.15) is 0 Å². The molecule has 0 aliphatic heterocycles. The highest BCUT2D eigenvalue weighted by Crippen LogP contribution is 2.21. The maximum atomic E-state index is 12.3. The van der Waals surface area contributed by atoms with Gasteiger partial charge in [-0.1, -0.05) is 18.2 Å². The highest BCUT2D eigenvalue weighted by atomic mass is 16.4. The Kier molecular flexibility index (Phi) is 4.95. The number of aromatic amines is 1. The zero-order valence-corrected chi connectivity index (χ0v) is 15.1. The SMILES string of the molecule is Cc1cccc(-n2c(O)c(C=Nc3cccc(C(=O)O)c3)c(=O)[nH]c2=O)c1C. The van der Waals surface area contributed by atoms with Gasteiger partial charge in [0.25, 0.3) is 5.56 Å². The number of hydrogen-bond donors (Lipinski definition) is 3. The molecule has 8 heteroatoms. The van der Waals surface area contributed by atoms with Crippen molar-refractivity contribution in [3.8, 4) is 11.6 Å². The Labute approximate surface area is 159 Å². The van der Waals surface area contributed by atoms with Crippen LogP contribution in [0.5, 0.6) is 5.88 Å². The third kappa shape index (κ3) is 3.48. The highest BCUT2D eigenvalue weighted by Gasteiger charge is 2.16. The zero-order chi connectivity index (χ0) is 20.4. The number of H-pyrrole nitrogens is 1. The lowest BCUT2D eigenvalue weighted by molar-refractivity contribution is 0.0697. The molecule has 2 aromatic carbocycles. The largest absolute Gasteiger partial charge is 0.493 e. The summed E-state index contributed by atoms with van der Waals surface area (Å²) in [4.78, 5) is 41.8. The molecule has 1 aromatic heterocycles. The number of hydrogen-bond acceptors (Lipinski definition) is 5. The fraction of sp³-hybridized carbons (Fsp3) is 0.100. The minimum atomic E-state index is -1.11. The predicted octanol–water partition coefficient (Wildman–Crippen LogP) is 2.30. The maximum absolute atomic E-state index is 12.3. The van der Waals surface area contributed by atoms with Crippen molar-refractivity contribution in [1.82, 2.24) is 9.55 Å². The molecule has 3 N–H and O–H groups in total. The average molecular weight is 379 g/mol. The number of carboxylic acid groups (broad SMARTS) is 1. The Bertz CT molecular complexity index is 1220. The molecule has 1 heterocycles. The van der Waals surface area contributed by atoms with Crippen LogP contribution in [0.1, 0.15) is 27.0 Å². The van der Waals surface area contributed by atoms with E-state index in [4.69, 9.17) is 5.11 Å². The second kappa shape index (κ2) is 7.36. The molecule has 0 saturated heterocycles. The Balaban J connectivity index is 2.14. The van der Waals surface area contributed by atoms with Crippen LogP contribution < -0.4 is 11.2 Å². The number of rotatable bonds is 4. The molecule has 0 aliphatic carbocycles. The number of aromatic nitrogens is 2. The molecule has 3 rings (SSSR count). The van der Waals surface area contributed by atoms with Crippen LogP contribution in [0, 0.1) is 13.8 Å². The van der Waals surface area contributed by atoms with Crippen LogP contribution in [-0.2, 0) is 0 Å². The minimum Gasteiger partial charge on any atom is -0.493 e. The van der Waals surface area contributed by atoms with Crippen molar-refractivity contribution in [2.75, 3.05) is 0 Å². The summed E-state index contributed by atoms with van der Waals surface area (Å²) >= 11 is 0. The van der Waals surface area contributed by atoms with Gasteiger partial charge in [0.2, 0.25) is 5.88 Å². The minimum absolute atomic E-state index is 0.0353. The molecule has 8 nitrogen and oxygen atoms in total. The molecule has 0 bridgehead atoms. The second-order valence-corrected chi connectivity index (χ2v) is 6.16. The van der Waals surface area contributed by atoms with Crippen molar-refractivity contribution in [2.45, 2.75) is 13.8 Å². The van der Waals surface area contributed by atoms with E-state index in [2.05, 4.69) is 9.98 Å². The van der Waals surface area contributed by atoms with Gasteiger partial charge in [0, 0.05) is 6.21 Å². The number of nitrogens with zero attached hydrogens (tertiary/aromatic N) is 2. The Morgan fingerprint density at radius 3 is 2.57 bits per heavy atom. The first-order valence-electron chi connectivity index (χ1n) is 8.32. The first-order valence-corrected chi connectivity index (χ1v) is 8.32. The van der Waals surface area contributed by atoms with Crippen LogP contribution in [0.15, 0.2) is 57.0 Å². The van der Waals surface area contributed by atoms with Crippen LogP contribution in [0.2, 0.25) is 0 Å². The van der Waals surface area contributed by atoms with Crippen LogP contribution in [-0.4, -0.2) is 31.9 Å².